The van der Waals surface area contributed by atoms with Gasteiger partial charge in [-0.1, -0.05) is 15.9 Å². The van der Waals surface area contributed by atoms with Crippen LogP contribution in [0.2, 0.25) is 0 Å². The molecule has 0 saturated heterocycles. The number of benzene rings is 2. The normalized spacial score (nSPS) is 10.5. The molecule has 7 heteroatoms. The van der Waals surface area contributed by atoms with Crippen molar-refractivity contribution in [2.45, 2.75) is 6.54 Å². The minimum Gasteiger partial charge on any atom is -0.497 e. The van der Waals surface area contributed by atoms with Gasteiger partial charge in [-0.3, -0.25) is 4.52 Å². The summed E-state index contributed by atoms with van der Waals surface area (Å²) in [5.41, 5.74) is 1.75. The first-order valence-corrected chi connectivity index (χ1v) is 7.73. The van der Waals surface area contributed by atoms with Crippen molar-refractivity contribution in [2.24, 2.45) is 0 Å². The summed E-state index contributed by atoms with van der Waals surface area (Å²) in [6, 6.07) is 15.0. The highest BCUT2D eigenvalue weighted by Gasteiger charge is 2.22. The van der Waals surface area contributed by atoms with E-state index < -0.39 is 5.63 Å². The highest BCUT2D eigenvalue weighted by atomic mass is 79.9. The van der Waals surface area contributed by atoms with Crippen LogP contribution in [0, 0.1) is 0 Å². The second-order valence-electron chi connectivity index (χ2n) is 4.82. The Hall–Kier alpha value is -2.54. The molecule has 0 radical (unpaired) electrons. The summed E-state index contributed by atoms with van der Waals surface area (Å²) in [5.74, 6) is 0.745. The molecule has 118 valence electrons. The third kappa shape index (κ3) is 3.45. The summed E-state index contributed by atoms with van der Waals surface area (Å²) in [7, 11) is 1.61. The van der Waals surface area contributed by atoms with Crippen molar-refractivity contribution in [3.05, 3.63) is 69.1 Å². The molecule has 3 aromatic rings. The van der Waals surface area contributed by atoms with E-state index in [1.807, 2.05) is 48.5 Å². The number of aromatic amines is 1. The number of rotatable bonds is 5. The van der Waals surface area contributed by atoms with Crippen molar-refractivity contribution in [1.29, 1.82) is 0 Å². The largest absolute Gasteiger partial charge is 0.497 e. The average Bonchev–Trinajstić information content (AvgIpc) is 2.95. The van der Waals surface area contributed by atoms with Gasteiger partial charge in [0.05, 0.1) is 7.11 Å². The number of anilines is 1. The molecular formula is C16H15BrN3O3+. The van der Waals surface area contributed by atoms with E-state index in [0.29, 0.717) is 12.2 Å². The Morgan fingerprint density at radius 1 is 1.17 bits per heavy atom. The Morgan fingerprint density at radius 3 is 2.52 bits per heavy atom. The first-order chi connectivity index (χ1) is 11.2. The smallest absolute Gasteiger partial charge is 0.432 e. The van der Waals surface area contributed by atoms with Crippen molar-refractivity contribution in [3.8, 4) is 11.4 Å². The first-order valence-electron chi connectivity index (χ1n) is 6.93. The van der Waals surface area contributed by atoms with Gasteiger partial charge in [-0.2, -0.15) is 0 Å². The zero-order valence-corrected chi connectivity index (χ0v) is 14.0. The van der Waals surface area contributed by atoms with Gasteiger partial charge in [0.2, 0.25) is 5.69 Å². The Balaban J connectivity index is 1.83. The monoisotopic (exact) mass is 376 g/mol. The molecule has 0 aliphatic rings. The van der Waals surface area contributed by atoms with Crippen LogP contribution in [-0.4, -0.2) is 12.4 Å². The summed E-state index contributed by atoms with van der Waals surface area (Å²) < 4.78 is 12.7. The van der Waals surface area contributed by atoms with E-state index in [1.54, 1.807) is 11.8 Å². The number of methoxy groups -OCH3 is 1. The first kappa shape index (κ1) is 15.4. The number of hydrogen-bond acceptors (Lipinski definition) is 4. The topological polar surface area (TPSA) is 71.1 Å². The van der Waals surface area contributed by atoms with Crippen molar-refractivity contribution in [1.82, 2.24) is 5.27 Å². The molecule has 0 unspecified atom stereocenters. The number of ether oxygens (including phenoxy) is 1. The second kappa shape index (κ2) is 6.70. The van der Waals surface area contributed by atoms with E-state index >= 15 is 0 Å². The van der Waals surface area contributed by atoms with E-state index in [4.69, 9.17) is 9.26 Å². The lowest BCUT2D eigenvalue weighted by molar-refractivity contribution is -0.677. The molecule has 0 aliphatic carbocycles. The second-order valence-corrected chi connectivity index (χ2v) is 5.74. The van der Waals surface area contributed by atoms with Gasteiger partial charge in [0.15, 0.2) is 0 Å². The van der Waals surface area contributed by atoms with Gasteiger partial charge in [0.25, 0.3) is 0 Å². The van der Waals surface area contributed by atoms with Crippen LogP contribution in [-0.2, 0) is 6.54 Å². The quantitative estimate of drug-likeness (QED) is 0.671. The number of hydrogen-bond donors (Lipinski definition) is 2. The zero-order valence-electron chi connectivity index (χ0n) is 12.4. The molecule has 0 bridgehead atoms. The summed E-state index contributed by atoms with van der Waals surface area (Å²) >= 11 is 3.39. The highest BCUT2D eigenvalue weighted by Crippen LogP contribution is 2.15. The van der Waals surface area contributed by atoms with Crippen molar-refractivity contribution < 1.29 is 13.9 Å². The average molecular weight is 377 g/mol. The number of halogens is 1. The van der Waals surface area contributed by atoms with E-state index in [9.17, 15) is 4.79 Å². The van der Waals surface area contributed by atoms with Crippen molar-refractivity contribution in [2.75, 3.05) is 12.4 Å². The van der Waals surface area contributed by atoms with E-state index in [2.05, 4.69) is 26.5 Å². The summed E-state index contributed by atoms with van der Waals surface area (Å²) in [6.45, 7) is 0.333. The number of nitrogens with one attached hydrogen (secondary N) is 2. The molecule has 2 N–H and O–H groups in total. The van der Waals surface area contributed by atoms with E-state index in [1.165, 1.54) is 0 Å². The number of nitrogens with zero attached hydrogens (tertiary/aromatic N) is 1. The summed E-state index contributed by atoms with van der Waals surface area (Å²) in [5, 5.41) is 5.82. The van der Waals surface area contributed by atoms with Crippen LogP contribution in [0.1, 0.15) is 5.69 Å². The molecule has 2 aromatic carbocycles. The van der Waals surface area contributed by atoms with Gasteiger partial charge in [-0.15, -0.1) is 0 Å². The Morgan fingerprint density at radius 2 is 1.87 bits per heavy atom. The van der Waals surface area contributed by atoms with Crippen LogP contribution in [0.3, 0.4) is 0 Å². The molecule has 0 saturated carbocycles. The molecule has 6 nitrogen and oxygen atoms in total. The number of aromatic nitrogens is 2. The third-order valence-electron chi connectivity index (χ3n) is 3.37. The SMILES string of the molecule is COc1ccc(-[n+]2[nH]oc(=O)c2CNc2ccc(Br)cc2)cc1. The minimum atomic E-state index is -0.412. The van der Waals surface area contributed by atoms with E-state index in [0.717, 1.165) is 21.6 Å². The Labute approximate surface area is 140 Å². The highest BCUT2D eigenvalue weighted by molar-refractivity contribution is 9.10. The fraction of sp³-hybridized carbons (Fsp3) is 0.125. The molecule has 1 aromatic heterocycles. The van der Waals surface area contributed by atoms with E-state index in [-0.39, 0.29) is 0 Å². The maximum absolute atomic E-state index is 11.9. The lowest BCUT2D eigenvalue weighted by Gasteiger charge is -2.03. The van der Waals surface area contributed by atoms with Gasteiger partial charge >= 0.3 is 11.3 Å². The molecule has 0 atom stereocenters. The summed E-state index contributed by atoms with van der Waals surface area (Å²) in [6.07, 6.45) is 0. The molecule has 3 rings (SSSR count). The Kier molecular flexibility index (Phi) is 4.47. The minimum absolute atomic E-state index is 0.333. The van der Waals surface area contributed by atoms with Gasteiger partial charge in [-0.05, 0) is 46.4 Å². The third-order valence-corrected chi connectivity index (χ3v) is 3.90. The molecule has 0 amide bonds. The van der Waals surface area contributed by atoms with Crippen LogP contribution in [0.5, 0.6) is 5.75 Å². The van der Waals surface area contributed by atoms with Gasteiger partial charge in [-0.25, -0.2) is 4.79 Å². The van der Waals surface area contributed by atoms with Gasteiger partial charge < -0.3 is 10.1 Å². The van der Waals surface area contributed by atoms with Crippen LogP contribution in [0.25, 0.3) is 5.69 Å². The lowest BCUT2D eigenvalue weighted by Crippen LogP contribution is -2.39. The molecular weight excluding hydrogens is 362 g/mol. The van der Waals surface area contributed by atoms with Gasteiger partial charge in [0.1, 0.15) is 12.3 Å². The molecule has 0 spiro atoms. The molecule has 23 heavy (non-hydrogen) atoms. The maximum Gasteiger partial charge on any atom is 0.432 e. The predicted octanol–water partition coefficient (Wildman–Crippen LogP) is 2.63. The molecule has 0 aliphatic heterocycles. The fourth-order valence-electron chi connectivity index (χ4n) is 2.14. The molecule has 1 heterocycles. The number of H-pyrrole nitrogens is 1. The van der Waals surface area contributed by atoms with Crippen LogP contribution < -0.4 is 20.4 Å². The standard InChI is InChI=1S/C16H14BrN3O3/c1-22-14-8-6-13(7-9-14)20-15(16(21)23-19-20)10-18-12-4-2-11(17)3-5-12/h2-9,18H,10H2,1H3/p+1. The lowest BCUT2D eigenvalue weighted by atomic mass is 10.3. The Bertz CT molecular complexity index is 838. The van der Waals surface area contributed by atoms with Crippen LogP contribution in [0.4, 0.5) is 5.69 Å². The molecule has 0 fully saturated rings. The van der Waals surface area contributed by atoms with Crippen molar-refractivity contribution in [3.63, 3.8) is 0 Å². The van der Waals surface area contributed by atoms with Crippen LogP contribution >= 0.6 is 15.9 Å². The van der Waals surface area contributed by atoms with Gasteiger partial charge in [0, 0.05) is 22.3 Å². The fourth-order valence-corrected chi connectivity index (χ4v) is 2.40. The predicted molar refractivity (Wildman–Crippen MR) is 88.9 cm³/mol. The maximum atomic E-state index is 11.9. The van der Waals surface area contributed by atoms with Crippen molar-refractivity contribution >= 4 is 21.6 Å². The zero-order chi connectivity index (χ0) is 16.2. The van der Waals surface area contributed by atoms with Crippen LogP contribution in [0.15, 0.2) is 62.3 Å². The summed E-state index contributed by atoms with van der Waals surface area (Å²) in [4.78, 5) is 11.9.